The van der Waals surface area contributed by atoms with Gasteiger partial charge in [0.2, 0.25) is 5.91 Å². The van der Waals surface area contributed by atoms with E-state index >= 15 is 0 Å². The third-order valence-corrected chi connectivity index (χ3v) is 2.80. The number of amides is 1. The zero-order chi connectivity index (χ0) is 14.1. The lowest BCUT2D eigenvalue weighted by Crippen LogP contribution is -2.33. The smallest absolute Gasteiger partial charge is 0.221 e. The summed E-state index contributed by atoms with van der Waals surface area (Å²) < 4.78 is 5.60. The van der Waals surface area contributed by atoms with Crippen molar-refractivity contribution in [3.05, 3.63) is 29.8 Å². The molecule has 0 fully saturated rings. The monoisotopic (exact) mass is 260 g/mol. The van der Waals surface area contributed by atoms with E-state index in [0.717, 1.165) is 11.3 Å². The van der Waals surface area contributed by atoms with Gasteiger partial charge in [-0.25, -0.2) is 0 Å². The Morgan fingerprint density at radius 2 is 2.21 bits per heavy atom. The number of carbonyl (C=O) groups excluding carboxylic acids is 1. The SMILES string of the molecule is CC[C@H](C#N)NC(=O)CCCOc1ccccc1C. The van der Waals surface area contributed by atoms with Gasteiger partial charge in [-0.3, -0.25) is 4.79 Å². The zero-order valence-corrected chi connectivity index (χ0v) is 11.5. The number of rotatable bonds is 7. The molecule has 0 radical (unpaired) electrons. The van der Waals surface area contributed by atoms with Crippen LogP contribution in [0.25, 0.3) is 0 Å². The van der Waals surface area contributed by atoms with Crippen LogP contribution < -0.4 is 10.1 Å². The Morgan fingerprint density at radius 1 is 1.47 bits per heavy atom. The second-order valence-electron chi connectivity index (χ2n) is 4.37. The highest BCUT2D eigenvalue weighted by Crippen LogP contribution is 2.16. The largest absolute Gasteiger partial charge is 0.493 e. The van der Waals surface area contributed by atoms with Crippen molar-refractivity contribution in [3.63, 3.8) is 0 Å². The lowest BCUT2D eigenvalue weighted by Gasteiger charge is -2.10. The van der Waals surface area contributed by atoms with E-state index in [1.807, 2.05) is 44.2 Å². The number of nitrogens with zero attached hydrogens (tertiary/aromatic N) is 1. The maximum absolute atomic E-state index is 11.5. The predicted molar refractivity (Wildman–Crippen MR) is 73.7 cm³/mol. The fourth-order valence-electron chi connectivity index (χ4n) is 1.63. The van der Waals surface area contributed by atoms with Crippen LogP contribution in [0, 0.1) is 18.3 Å². The molecule has 0 heterocycles. The minimum Gasteiger partial charge on any atom is -0.493 e. The maximum atomic E-state index is 11.5. The van der Waals surface area contributed by atoms with Gasteiger partial charge in [0.1, 0.15) is 11.8 Å². The van der Waals surface area contributed by atoms with E-state index in [0.29, 0.717) is 25.9 Å². The van der Waals surface area contributed by atoms with Crippen molar-refractivity contribution in [2.24, 2.45) is 0 Å². The Morgan fingerprint density at radius 3 is 2.84 bits per heavy atom. The molecular weight excluding hydrogens is 240 g/mol. The van der Waals surface area contributed by atoms with Gasteiger partial charge in [0.15, 0.2) is 0 Å². The Bertz CT molecular complexity index is 452. The highest BCUT2D eigenvalue weighted by atomic mass is 16.5. The fourth-order valence-corrected chi connectivity index (χ4v) is 1.63. The molecule has 0 spiro atoms. The number of hydrogen-bond acceptors (Lipinski definition) is 3. The highest BCUT2D eigenvalue weighted by Gasteiger charge is 2.08. The second-order valence-corrected chi connectivity index (χ2v) is 4.37. The molecule has 0 aromatic heterocycles. The minimum absolute atomic E-state index is 0.0956. The van der Waals surface area contributed by atoms with E-state index < -0.39 is 0 Å². The van der Waals surface area contributed by atoms with E-state index in [-0.39, 0.29) is 11.9 Å². The summed E-state index contributed by atoms with van der Waals surface area (Å²) in [5, 5.41) is 11.4. The van der Waals surface area contributed by atoms with Crippen LogP contribution in [0.15, 0.2) is 24.3 Å². The van der Waals surface area contributed by atoms with E-state index in [1.165, 1.54) is 0 Å². The lowest BCUT2D eigenvalue weighted by atomic mass is 10.2. The molecule has 19 heavy (non-hydrogen) atoms. The molecule has 1 amide bonds. The van der Waals surface area contributed by atoms with Crippen molar-refractivity contribution in [2.75, 3.05) is 6.61 Å². The first-order valence-electron chi connectivity index (χ1n) is 6.54. The number of benzene rings is 1. The minimum atomic E-state index is -0.384. The summed E-state index contributed by atoms with van der Waals surface area (Å²) in [5.74, 6) is 0.758. The molecule has 1 rings (SSSR count). The Kier molecular flexibility index (Phi) is 6.45. The van der Waals surface area contributed by atoms with Crippen molar-refractivity contribution >= 4 is 5.91 Å². The molecule has 0 aliphatic rings. The Hall–Kier alpha value is -2.02. The fraction of sp³-hybridized carbons (Fsp3) is 0.467. The number of para-hydroxylation sites is 1. The summed E-state index contributed by atoms with van der Waals surface area (Å²) in [6, 6.07) is 9.45. The van der Waals surface area contributed by atoms with Gasteiger partial charge < -0.3 is 10.1 Å². The zero-order valence-electron chi connectivity index (χ0n) is 11.5. The van der Waals surface area contributed by atoms with Gasteiger partial charge in [0.05, 0.1) is 12.7 Å². The molecule has 0 bridgehead atoms. The molecule has 4 nitrogen and oxygen atoms in total. The molecule has 4 heteroatoms. The topological polar surface area (TPSA) is 62.1 Å². The van der Waals surface area contributed by atoms with Gasteiger partial charge in [0.25, 0.3) is 0 Å². The summed E-state index contributed by atoms with van der Waals surface area (Å²) in [5.41, 5.74) is 1.09. The standard InChI is InChI=1S/C15H20N2O2/c1-3-13(11-16)17-15(18)9-6-10-19-14-8-5-4-7-12(14)2/h4-5,7-8,13H,3,6,9-10H2,1-2H3,(H,17,18)/t13-/m1/s1. The first-order chi connectivity index (χ1) is 9.17. The molecule has 1 N–H and O–H groups in total. The number of hydrogen-bond donors (Lipinski definition) is 1. The first-order valence-corrected chi connectivity index (χ1v) is 6.54. The third kappa shape index (κ3) is 5.43. The van der Waals surface area contributed by atoms with Crippen LogP contribution in [0.4, 0.5) is 0 Å². The maximum Gasteiger partial charge on any atom is 0.221 e. The molecule has 0 aliphatic carbocycles. The summed E-state index contributed by atoms with van der Waals surface area (Å²) in [6.45, 7) is 4.36. The van der Waals surface area contributed by atoms with Gasteiger partial charge >= 0.3 is 0 Å². The average molecular weight is 260 g/mol. The molecule has 0 unspecified atom stereocenters. The van der Waals surface area contributed by atoms with Crippen LogP contribution in [0.5, 0.6) is 5.75 Å². The van der Waals surface area contributed by atoms with Crippen molar-refractivity contribution in [2.45, 2.75) is 39.2 Å². The van der Waals surface area contributed by atoms with E-state index in [2.05, 4.69) is 5.32 Å². The predicted octanol–water partition coefficient (Wildman–Crippen LogP) is 2.57. The van der Waals surface area contributed by atoms with Gasteiger partial charge in [0, 0.05) is 6.42 Å². The molecular formula is C15H20N2O2. The van der Waals surface area contributed by atoms with Crippen molar-refractivity contribution in [3.8, 4) is 11.8 Å². The average Bonchev–Trinajstić information content (AvgIpc) is 2.42. The van der Waals surface area contributed by atoms with Crippen LogP contribution >= 0.6 is 0 Å². The number of carbonyl (C=O) groups is 1. The summed E-state index contributed by atoms with van der Waals surface area (Å²) in [7, 11) is 0. The lowest BCUT2D eigenvalue weighted by molar-refractivity contribution is -0.121. The normalized spacial score (nSPS) is 11.4. The molecule has 102 valence electrons. The summed E-state index contributed by atoms with van der Waals surface area (Å²) in [6.07, 6.45) is 1.65. The third-order valence-electron chi connectivity index (χ3n) is 2.80. The van der Waals surface area contributed by atoms with Gasteiger partial charge in [-0.05, 0) is 31.4 Å². The number of ether oxygens (including phenoxy) is 1. The van der Waals surface area contributed by atoms with Crippen molar-refractivity contribution in [1.29, 1.82) is 5.26 Å². The molecule has 1 atom stereocenters. The van der Waals surface area contributed by atoms with E-state index in [4.69, 9.17) is 10.00 Å². The molecule has 1 aromatic carbocycles. The number of aryl methyl sites for hydroxylation is 1. The highest BCUT2D eigenvalue weighted by molar-refractivity contribution is 5.76. The van der Waals surface area contributed by atoms with Gasteiger partial charge in [-0.15, -0.1) is 0 Å². The van der Waals surface area contributed by atoms with Crippen molar-refractivity contribution in [1.82, 2.24) is 5.32 Å². The van der Waals surface area contributed by atoms with E-state index in [9.17, 15) is 4.79 Å². The van der Waals surface area contributed by atoms with Crippen molar-refractivity contribution < 1.29 is 9.53 Å². The van der Waals surface area contributed by atoms with Crippen LogP contribution in [0.2, 0.25) is 0 Å². The van der Waals surface area contributed by atoms with Gasteiger partial charge in [-0.2, -0.15) is 5.26 Å². The van der Waals surface area contributed by atoms with Crippen LogP contribution in [-0.2, 0) is 4.79 Å². The molecule has 1 aromatic rings. The van der Waals surface area contributed by atoms with Crippen LogP contribution in [0.3, 0.4) is 0 Å². The second kappa shape index (κ2) is 8.15. The Labute approximate surface area is 114 Å². The molecule has 0 aliphatic heterocycles. The number of nitrogens with one attached hydrogen (secondary N) is 1. The number of nitriles is 1. The van der Waals surface area contributed by atoms with E-state index in [1.54, 1.807) is 0 Å². The molecule has 0 saturated heterocycles. The quantitative estimate of drug-likeness (QED) is 0.766. The Balaban J connectivity index is 2.23. The summed E-state index contributed by atoms with van der Waals surface area (Å²) >= 11 is 0. The van der Waals surface area contributed by atoms with Crippen LogP contribution in [-0.4, -0.2) is 18.6 Å². The van der Waals surface area contributed by atoms with Gasteiger partial charge in [-0.1, -0.05) is 25.1 Å². The summed E-state index contributed by atoms with van der Waals surface area (Å²) in [4.78, 5) is 11.5. The first kappa shape index (κ1) is 15.0. The van der Waals surface area contributed by atoms with Crippen LogP contribution in [0.1, 0.15) is 31.7 Å². The molecule has 0 saturated carbocycles.